The second-order valence-corrected chi connectivity index (χ2v) is 7.96. The van der Waals surface area contributed by atoms with Gasteiger partial charge in [-0.2, -0.15) is 0 Å². The van der Waals surface area contributed by atoms with E-state index < -0.39 is 9.84 Å². The molecule has 2 unspecified atom stereocenters. The fourth-order valence-electron chi connectivity index (χ4n) is 1.62. The molecular formula is C11H20N2O2S2. The summed E-state index contributed by atoms with van der Waals surface area (Å²) >= 11 is 1.64. The van der Waals surface area contributed by atoms with Gasteiger partial charge in [-0.05, 0) is 20.8 Å². The third-order valence-corrected chi connectivity index (χ3v) is 5.47. The van der Waals surface area contributed by atoms with Crippen LogP contribution in [0.1, 0.15) is 36.7 Å². The zero-order chi connectivity index (χ0) is 13.1. The second kappa shape index (κ2) is 5.93. The van der Waals surface area contributed by atoms with Crippen LogP contribution in [0, 0.1) is 6.92 Å². The molecule has 0 aromatic carbocycles. The molecule has 1 N–H and O–H groups in total. The van der Waals surface area contributed by atoms with Crippen LogP contribution in [-0.2, 0) is 9.84 Å². The molecule has 0 aliphatic heterocycles. The highest BCUT2D eigenvalue weighted by Gasteiger charge is 2.17. The monoisotopic (exact) mass is 276 g/mol. The Morgan fingerprint density at radius 1 is 1.47 bits per heavy atom. The van der Waals surface area contributed by atoms with Crippen molar-refractivity contribution in [1.29, 1.82) is 0 Å². The Hall–Kier alpha value is -0.460. The highest BCUT2D eigenvalue weighted by atomic mass is 32.2. The maximum Gasteiger partial charge on any atom is 0.151 e. The molecule has 0 aliphatic carbocycles. The van der Waals surface area contributed by atoms with Gasteiger partial charge >= 0.3 is 0 Å². The first-order valence-electron chi connectivity index (χ1n) is 5.73. The zero-order valence-electron chi connectivity index (χ0n) is 10.7. The largest absolute Gasteiger partial charge is 0.305 e. The van der Waals surface area contributed by atoms with E-state index in [1.54, 1.807) is 18.3 Å². The number of rotatable bonds is 6. The summed E-state index contributed by atoms with van der Waals surface area (Å²) in [6.07, 6.45) is 1.84. The van der Waals surface area contributed by atoms with Crippen LogP contribution in [0.2, 0.25) is 0 Å². The predicted octanol–water partition coefficient (Wildman–Crippen LogP) is 1.93. The standard InChI is InChI=1S/C11H20N2O2S2/c1-5-17(14,15)7-8(2)13-10(4)11-12-6-9(3)16-11/h6,8,10,13H,5,7H2,1-4H3. The molecule has 2 atom stereocenters. The fraction of sp³-hybridized carbons (Fsp3) is 0.727. The van der Waals surface area contributed by atoms with Gasteiger partial charge in [0.1, 0.15) is 5.01 Å². The molecule has 0 radical (unpaired) electrons. The summed E-state index contributed by atoms with van der Waals surface area (Å²) in [7, 11) is -2.92. The van der Waals surface area contributed by atoms with Gasteiger partial charge in [0, 0.05) is 22.9 Å². The van der Waals surface area contributed by atoms with Crippen LogP contribution >= 0.6 is 11.3 Å². The van der Waals surface area contributed by atoms with Crippen LogP contribution in [0.4, 0.5) is 0 Å². The number of hydrogen-bond acceptors (Lipinski definition) is 5. The highest BCUT2D eigenvalue weighted by molar-refractivity contribution is 7.91. The van der Waals surface area contributed by atoms with Crippen molar-refractivity contribution in [1.82, 2.24) is 10.3 Å². The summed E-state index contributed by atoms with van der Waals surface area (Å²) < 4.78 is 23.0. The topological polar surface area (TPSA) is 59.1 Å². The lowest BCUT2D eigenvalue weighted by molar-refractivity contribution is 0.498. The van der Waals surface area contributed by atoms with E-state index in [1.165, 1.54) is 4.88 Å². The predicted molar refractivity (Wildman–Crippen MR) is 72.2 cm³/mol. The molecule has 1 heterocycles. The maximum atomic E-state index is 11.5. The van der Waals surface area contributed by atoms with Gasteiger partial charge in [-0.25, -0.2) is 13.4 Å². The number of nitrogens with zero attached hydrogens (tertiary/aromatic N) is 1. The number of sulfone groups is 1. The summed E-state index contributed by atoms with van der Waals surface area (Å²) in [6, 6.07) is 0.0370. The van der Waals surface area contributed by atoms with E-state index in [9.17, 15) is 8.42 Å². The molecule has 0 aliphatic rings. The lowest BCUT2D eigenvalue weighted by Crippen LogP contribution is -2.35. The first kappa shape index (κ1) is 14.6. The summed E-state index contributed by atoms with van der Waals surface area (Å²) in [5.74, 6) is 0.377. The minimum absolute atomic E-state index is 0.0563. The second-order valence-electron chi connectivity index (χ2n) is 4.30. The van der Waals surface area contributed by atoms with Gasteiger partial charge in [0.2, 0.25) is 0 Å². The van der Waals surface area contributed by atoms with Crippen LogP contribution in [0.5, 0.6) is 0 Å². The maximum absolute atomic E-state index is 11.5. The van der Waals surface area contributed by atoms with Gasteiger partial charge < -0.3 is 5.32 Å². The number of aromatic nitrogens is 1. The Bertz CT molecular complexity index is 454. The van der Waals surface area contributed by atoms with Crippen LogP contribution in [0.25, 0.3) is 0 Å². The van der Waals surface area contributed by atoms with E-state index in [1.807, 2.05) is 27.0 Å². The highest BCUT2D eigenvalue weighted by Crippen LogP contribution is 2.19. The van der Waals surface area contributed by atoms with E-state index >= 15 is 0 Å². The summed E-state index contributed by atoms with van der Waals surface area (Å²) in [6.45, 7) is 7.59. The van der Waals surface area contributed by atoms with E-state index in [2.05, 4.69) is 10.3 Å². The Balaban J connectivity index is 2.54. The normalized spacial score (nSPS) is 15.8. The van der Waals surface area contributed by atoms with E-state index in [4.69, 9.17) is 0 Å². The zero-order valence-corrected chi connectivity index (χ0v) is 12.4. The van der Waals surface area contributed by atoms with Crippen LogP contribution in [0.15, 0.2) is 6.20 Å². The summed E-state index contributed by atoms with van der Waals surface area (Å²) in [5.41, 5.74) is 0. The molecule has 1 rings (SSSR count). The molecule has 1 aromatic heterocycles. The van der Waals surface area contributed by atoms with Crippen molar-refractivity contribution in [2.45, 2.75) is 39.8 Å². The summed E-state index contributed by atoms with van der Waals surface area (Å²) in [4.78, 5) is 5.46. The van der Waals surface area contributed by atoms with Crippen molar-refractivity contribution in [2.75, 3.05) is 11.5 Å². The van der Waals surface area contributed by atoms with Crippen molar-refractivity contribution >= 4 is 21.2 Å². The molecule has 17 heavy (non-hydrogen) atoms. The van der Waals surface area contributed by atoms with Gasteiger partial charge in [-0.3, -0.25) is 0 Å². The number of thiazole rings is 1. The Morgan fingerprint density at radius 3 is 2.59 bits per heavy atom. The molecule has 0 amide bonds. The molecule has 0 spiro atoms. The molecule has 0 bridgehead atoms. The molecule has 0 saturated carbocycles. The van der Waals surface area contributed by atoms with Crippen molar-refractivity contribution in [3.05, 3.63) is 16.1 Å². The van der Waals surface area contributed by atoms with Gasteiger partial charge in [-0.1, -0.05) is 6.92 Å². The molecular weight excluding hydrogens is 256 g/mol. The van der Waals surface area contributed by atoms with Gasteiger partial charge in [-0.15, -0.1) is 11.3 Å². The van der Waals surface area contributed by atoms with Crippen molar-refractivity contribution in [3.8, 4) is 0 Å². The third kappa shape index (κ3) is 4.73. The Labute approximate surface area is 107 Å². The molecule has 4 nitrogen and oxygen atoms in total. The third-order valence-electron chi connectivity index (χ3n) is 2.49. The fourth-order valence-corrected chi connectivity index (χ4v) is 3.50. The Kier molecular flexibility index (Phi) is 5.09. The lowest BCUT2D eigenvalue weighted by Gasteiger charge is -2.18. The van der Waals surface area contributed by atoms with Gasteiger partial charge in [0.05, 0.1) is 11.8 Å². The van der Waals surface area contributed by atoms with Crippen molar-refractivity contribution in [2.24, 2.45) is 0 Å². The van der Waals surface area contributed by atoms with Crippen LogP contribution in [-0.4, -0.2) is 30.9 Å². The minimum Gasteiger partial charge on any atom is -0.305 e. The number of nitrogens with one attached hydrogen (secondary N) is 1. The molecule has 6 heteroatoms. The molecule has 1 aromatic rings. The number of aryl methyl sites for hydroxylation is 1. The quantitative estimate of drug-likeness (QED) is 0.862. The van der Waals surface area contributed by atoms with E-state index in [0.29, 0.717) is 0 Å². The lowest BCUT2D eigenvalue weighted by atomic mass is 10.3. The Morgan fingerprint density at radius 2 is 2.12 bits per heavy atom. The summed E-state index contributed by atoms with van der Waals surface area (Å²) in [5, 5.41) is 4.27. The van der Waals surface area contributed by atoms with Crippen LogP contribution < -0.4 is 5.32 Å². The smallest absolute Gasteiger partial charge is 0.151 e. The minimum atomic E-state index is -2.92. The SMILES string of the molecule is CCS(=O)(=O)CC(C)NC(C)c1ncc(C)s1. The molecule has 0 saturated heterocycles. The van der Waals surface area contributed by atoms with Crippen molar-refractivity contribution < 1.29 is 8.42 Å². The average molecular weight is 276 g/mol. The molecule has 0 fully saturated rings. The van der Waals surface area contributed by atoms with Crippen molar-refractivity contribution in [3.63, 3.8) is 0 Å². The van der Waals surface area contributed by atoms with Crippen LogP contribution in [0.3, 0.4) is 0 Å². The van der Waals surface area contributed by atoms with Gasteiger partial charge in [0.15, 0.2) is 9.84 Å². The average Bonchev–Trinajstić information content (AvgIpc) is 2.64. The van der Waals surface area contributed by atoms with E-state index in [0.717, 1.165) is 5.01 Å². The van der Waals surface area contributed by atoms with E-state index in [-0.39, 0.29) is 23.6 Å². The number of hydrogen-bond donors (Lipinski definition) is 1. The first-order valence-corrected chi connectivity index (χ1v) is 8.36. The molecule has 98 valence electrons. The first-order chi connectivity index (χ1) is 7.84. The van der Waals surface area contributed by atoms with Gasteiger partial charge in [0.25, 0.3) is 0 Å².